The Labute approximate surface area is 165 Å². The summed E-state index contributed by atoms with van der Waals surface area (Å²) >= 11 is 0. The van der Waals surface area contributed by atoms with E-state index in [-0.39, 0.29) is 0 Å². The molecule has 1 unspecified atom stereocenters. The Hall–Kier alpha value is -2.20. The summed E-state index contributed by atoms with van der Waals surface area (Å²) in [5, 5.41) is -4.64. The molecule has 0 bridgehead atoms. The Morgan fingerprint density at radius 3 is 2.00 bits per heavy atom. The van der Waals surface area contributed by atoms with Crippen molar-refractivity contribution in [1.29, 1.82) is 0 Å². The Morgan fingerprint density at radius 1 is 1.13 bits per heavy atom. The molecular formula is C14H15F7NO7S-. The summed E-state index contributed by atoms with van der Waals surface area (Å²) in [7, 11) is -6.80. The summed E-state index contributed by atoms with van der Waals surface area (Å²) in [5.74, 6) is -13.8. The summed E-state index contributed by atoms with van der Waals surface area (Å²) in [6, 6.07) is 0. The summed E-state index contributed by atoms with van der Waals surface area (Å²) in [6.07, 6.45) is -8.90. The highest BCUT2D eigenvalue weighted by atomic mass is 32.2. The van der Waals surface area contributed by atoms with Crippen LogP contribution in [0.15, 0.2) is 24.9 Å². The van der Waals surface area contributed by atoms with E-state index < -0.39 is 70.2 Å². The Balaban J connectivity index is 5.69. The van der Waals surface area contributed by atoms with E-state index in [9.17, 15) is 53.3 Å². The van der Waals surface area contributed by atoms with Crippen LogP contribution < -0.4 is 5.32 Å². The fourth-order valence-electron chi connectivity index (χ4n) is 1.65. The predicted octanol–water partition coefficient (Wildman–Crippen LogP) is 2.19. The van der Waals surface area contributed by atoms with Gasteiger partial charge >= 0.3 is 35.0 Å². The van der Waals surface area contributed by atoms with Crippen molar-refractivity contribution in [3.05, 3.63) is 24.9 Å². The van der Waals surface area contributed by atoms with Gasteiger partial charge in [-0.2, -0.15) is 30.7 Å². The molecule has 30 heavy (non-hydrogen) atoms. The van der Waals surface area contributed by atoms with Crippen molar-refractivity contribution in [2.45, 2.75) is 42.9 Å². The van der Waals surface area contributed by atoms with Gasteiger partial charge in [0.1, 0.15) is 0 Å². The lowest BCUT2D eigenvalue weighted by Crippen LogP contribution is -2.61. The number of hydrogen-bond acceptors (Lipinski definition) is 7. The van der Waals surface area contributed by atoms with Gasteiger partial charge < -0.3 is 19.3 Å². The maximum Gasteiger partial charge on any atom is 0.466 e. The monoisotopic (exact) mass is 474 g/mol. The number of carbonyl (C=O) groups excluding carboxylic acids is 2. The maximum absolute atomic E-state index is 13.5. The van der Waals surface area contributed by atoms with Crippen LogP contribution in [0.2, 0.25) is 0 Å². The number of halogens is 7. The summed E-state index contributed by atoms with van der Waals surface area (Å²) in [5.41, 5.74) is -0.620. The highest BCUT2D eigenvalue weighted by Gasteiger charge is 2.66. The van der Waals surface area contributed by atoms with Crippen molar-refractivity contribution >= 4 is 22.0 Å². The van der Waals surface area contributed by atoms with Gasteiger partial charge in [0.15, 0.2) is 10.1 Å². The molecule has 8 nitrogen and oxygen atoms in total. The molecule has 0 heterocycles. The molecule has 0 rings (SSSR count). The minimum Gasteiger partial charge on any atom is -0.743 e. The molecule has 0 spiro atoms. The van der Waals surface area contributed by atoms with Gasteiger partial charge in [-0.05, 0) is 19.5 Å². The first-order chi connectivity index (χ1) is 13.3. The van der Waals surface area contributed by atoms with Gasteiger partial charge in [-0.1, -0.05) is 13.2 Å². The van der Waals surface area contributed by atoms with Crippen molar-refractivity contribution in [2.24, 2.45) is 0 Å². The molecule has 16 heteroatoms. The minimum atomic E-state index is -6.80. The number of rotatable bonds is 11. The molecule has 0 radical (unpaired) electrons. The van der Waals surface area contributed by atoms with Crippen molar-refractivity contribution in [2.75, 3.05) is 6.61 Å². The van der Waals surface area contributed by atoms with Crippen LogP contribution in [0.3, 0.4) is 0 Å². The van der Waals surface area contributed by atoms with Crippen LogP contribution in [-0.2, 0) is 29.2 Å². The van der Waals surface area contributed by atoms with Gasteiger partial charge in [-0.15, -0.1) is 0 Å². The number of ether oxygens (including phenoxy) is 2. The molecule has 0 aromatic heterocycles. The van der Waals surface area contributed by atoms with E-state index in [1.54, 1.807) is 0 Å². The third-order valence-electron chi connectivity index (χ3n) is 3.17. The minimum absolute atomic E-state index is 0.439. The van der Waals surface area contributed by atoms with E-state index in [0.29, 0.717) is 6.20 Å². The first-order valence-electron chi connectivity index (χ1n) is 7.49. The standard InChI is InChI=1S/C14H16F7NO7S/c1-4-22-10(24)12(13(17,18)19,29-9(23)8(2)3)28-7-5-6-11(15,16)14(20,21)30(25,26)27/h4H,1-2,5-7H2,3H3,(H,22,24)(H,25,26,27)/p-1. The molecule has 0 aromatic carbocycles. The van der Waals surface area contributed by atoms with Crippen LogP contribution in [0.1, 0.15) is 19.8 Å². The molecule has 0 aliphatic carbocycles. The number of hydrogen-bond donors (Lipinski definition) is 1. The molecule has 174 valence electrons. The van der Waals surface area contributed by atoms with Gasteiger partial charge in [0.25, 0.3) is 0 Å². The Bertz CT molecular complexity index is 795. The molecule has 0 fully saturated rings. The first kappa shape index (κ1) is 27.8. The fraction of sp³-hybridized carbons (Fsp3) is 0.571. The lowest BCUT2D eigenvalue weighted by atomic mass is 10.2. The van der Waals surface area contributed by atoms with Crippen molar-refractivity contribution in [3.8, 4) is 0 Å². The second-order valence-corrected chi connectivity index (χ2v) is 7.01. The molecule has 0 aromatic rings. The van der Waals surface area contributed by atoms with Crippen LogP contribution in [-0.4, -0.2) is 54.6 Å². The van der Waals surface area contributed by atoms with Gasteiger partial charge in [0.2, 0.25) is 0 Å². The average Bonchev–Trinajstić information content (AvgIpc) is 2.55. The number of alkyl halides is 7. The SMILES string of the molecule is C=CNC(=O)C(OCCCC(F)(F)C(F)(F)S(=O)(=O)[O-])(OC(=O)C(=C)C)C(F)(F)F. The zero-order valence-electron chi connectivity index (χ0n) is 15.0. The van der Waals surface area contributed by atoms with E-state index in [2.05, 4.69) is 22.6 Å². The molecule has 0 saturated heterocycles. The van der Waals surface area contributed by atoms with Crippen molar-refractivity contribution in [1.82, 2.24) is 5.32 Å². The lowest BCUT2D eigenvalue weighted by Gasteiger charge is -2.33. The van der Waals surface area contributed by atoms with Gasteiger partial charge in [-0.3, -0.25) is 4.79 Å². The smallest absolute Gasteiger partial charge is 0.466 e. The lowest BCUT2D eigenvalue weighted by molar-refractivity contribution is -0.347. The summed E-state index contributed by atoms with van der Waals surface area (Å²) in [6.45, 7) is 5.24. The molecule has 0 aliphatic heterocycles. The third kappa shape index (κ3) is 5.91. The largest absolute Gasteiger partial charge is 0.743 e. The summed E-state index contributed by atoms with van der Waals surface area (Å²) in [4.78, 5) is 23.3. The quantitative estimate of drug-likeness (QED) is 0.122. The summed E-state index contributed by atoms with van der Waals surface area (Å²) < 4.78 is 132. The molecule has 0 aliphatic rings. The Morgan fingerprint density at radius 2 is 1.63 bits per heavy atom. The number of amides is 1. The van der Waals surface area contributed by atoms with E-state index in [1.807, 2.05) is 0 Å². The van der Waals surface area contributed by atoms with Crippen molar-refractivity contribution in [3.63, 3.8) is 0 Å². The van der Waals surface area contributed by atoms with Crippen LogP contribution in [0.5, 0.6) is 0 Å². The fourth-order valence-corrected chi connectivity index (χ4v) is 2.12. The van der Waals surface area contributed by atoms with Gasteiger partial charge in [0.05, 0.1) is 6.61 Å². The van der Waals surface area contributed by atoms with Crippen LogP contribution in [0.4, 0.5) is 30.7 Å². The molecule has 1 N–H and O–H groups in total. The maximum atomic E-state index is 13.5. The number of esters is 1. The molecule has 1 amide bonds. The van der Waals surface area contributed by atoms with Crippen LogP contribution >= 0.6 is 0 Å². The van der Waals surface area contributed by atoms with E-state index >= 15 is 0 Å². The second kappa shape index (κ2) is 9.30. The van der Waals surface area contributed by atoms with Gasteiger partial charge in [-0.25, -0.2) is 13.2 Å². The number of nitrogens with one attached hydrogen (secondary N) is 1. The van der Waals surface area contributed by atoms with Gasteiger partial charge in [0, 0.05) is 12.0 Å². The van der Waals surface area contributed by atoms with Crippen LogP contribution in [0.25, 0.3) is 0 Å². The third-order valence-corrected chi connectivity index (χ3v) is 4.10. The van der Waals surface area contributed by atoms with E-state index in [1.165, 1.54) is 5.32 Å². The Kier molecular flexibility index (Phi) is 8.62. The molecule has 1 atom stereocenters. The molecule has 0 saturated carbocycles. The zero-order chi connectivity index (χ0) is 24.2. The highest BCUT2D eigenvalue weighted by molar-refractivity contribution is 7.86. The average molecular weight is 474 g/mol. The van der Waals surface area contributed by atoms with E-state index in [0.717, 1.165) is 6.92 Å². The van der Waals surface area contributed by atoms with Crippen LogP contribution in [0, 0.1) is 0 Å². The first-order valence-corrected chi connectivity index (χ1v) is 8.90. The van der Waals surface area contributed by atoms with E-state index in [4.69, 9.17) is 0 Å². The second-order valence-electron chi connectivity index (χ2n) is 5.59. The zero-order valence-corrected chi connectivity index (χ0v) is 15.8. The topological polar surface area (TPSA) is 122 Å². The van der Waals surface area contributed by atoms with Crippen molar-refractivity contribution < 1.29 is 62.8 Å². The number of carbonyl (C=O) groups is 2. The predicted molar refractivity (Wildman–Crippen MR) is 82.8 cm³/mol. The molecular weight excluding hydrogens is 459 g/mol. The normalized spacial score (nSPS) is 15.1. The highest BCUT2D eigenvalue weighted by Crippen LogP contribution is 2.42.